The second-order valence-electron chi connectivity index (χ2n) is 25.9. The van der Waals surface area contributed by atoms with E-state index < -0.39 is 150 Å². The molecule has 0 aliphatic carbocycles. The van der Waals surface area contributed by atoms with Gasteiger partial charge in [-0.15, -0.1) is 0 Å². The van der Waals surface area contributed by atoms with Crippen molar-refractivity contribution in [2.75, 3.05) is 62.5 Å². The van der Waals surface area contributed by atoms with Crippen LogP contribution in [-0.2, 0) is 57.5 Å². The van der Waals surface area contributed by atoms with Crippen LogP contribution in [0.3, 0.4) is 0 Å². The lowest BCUT2D eigenvalue weighted by Crippen LogP contribution is -2.63. The summed E-state index contributed by atoms with van der Waals surface area (Å²) in [5, 5.41) is 11.1. The Morgan fingerprint density at radius 3 is 1.33 bits per heavy atom. The molecule has 0 aromatic carbocycles. The van der Waals surface area contributed by atoms with Crippen LogP contribution in [0.25, 0.3) is 0 Å². The van der Waals surface area contributed by atoms with Crippen molar-refractivity contribution in [3.63, 3.8) is 0 Å². The monoisotopic (exact) mass is 1170 g/mol. The Balaban J connectivity index is 2.92. The summed E-state index contributed by atoms with van der Waals surface area (Å²) >= 11 is 0. The van der Waals surface area contributed by atoms with E-state index in [1.807, 2.05) is 62.3 Å². The molecule has 0 unspecified atom stereocenters. The molecule has 0 aromatic rings. The van der Waals surface area contributed by atoms with Gasteiger partial charge in [-0.2, -0.15) is 0 Å². The predicted octanol–water partition coefficient (Wildman–Crippen LogP) is 2.73. The average molecular weight is 1170 g/mol. The van der Waals surface area contributed by atoms with Gasteiger partial charge in [0, 0.05) is 55.9 Å². The van der Waals surface area contributed by atoms with Crippen LogP contribution in [0.15, 0.2) is 0 Å². The number of amides is 11. The van der Waals surface area contributed by atoms with Crippen LogP contribution in [0.1, 0.15) is 149 Å². The number of nitrogens with one attached hydrogen (secondary N) is 4. The number of hydrogen-bond donors (Lipinski definition) is 4. The molecule has 23 nitrogen and oxygen atoms in total. The molecular formula is C60H107N11O12. The highest BCUT2D eigenvalue weighted by atomic mass is 16.5. The molecule has 0 radical (unpaired) electrons. The molecule has 0 spiro atoms. The zero-order valence-corrected chi connectivity index (χ0v) is 54.6. The minimum absolute atomic E-state index is 0.0892. The van der Waals surface area contributed by atoms with Gasteiger partial charge in [0.25, 0.3) is 0 Å². The van der Waals surface area contributed by atoms with Crippen molar-refractivity contribution in [1.82, 2.24) is 55.6 Å². The van der Waals surface area contributed by atoms with Crippen LogP contribution >= 0.6 is 0 Å². The third kappa shape index (κ3) is 19.6. The molecule has 4 N–H and O–H groups in total. The Labute approximate surface area is 496 Å². The first-order valence-electron chi connectivity index (χ1n) is 30.0. The molecule has 2 aliphatic rings. The van der Waals surface area contributed by atoms with E-state index in [4.69, 9.17) is 4.74 Å². The molecule has 11 amide bonds. The van der Waals surface area contributed by atoms with Crippen LogP contribution in [0.4, 0.5) is 0 Å². The normalized spacial score (nSPS) is 29.1. The van der Waals surface area contributed by atoms with Gasteiger partial charge >= 0.3 is 0 Å². The number of ether oxygens (including phenoxy) is 1. The van der Waals surface area contributed by atoms with Crippen molar-refractivity contribution in [3.05, 3.63) is 0 Å². The Morgan fingerprint density at radius 2 is 0.880 bits per heavy atom. The topological polar surface area (TPSA) is 268 Å². The van der Waals surface area contributed by atoms with Crippen molar-refractivity contribution in [3.8, 4) is 0 Å². The fourth-order valence-electron chi connectivity index (χ4n) is 11.0. The number of nitrogens with zero attached hydrogens (tertiary/aromatic N) is 7. The van der Waals surface area contributed by atoms with Gasteiger partial charge in [-0.1, -0.05) is 96.9 Å². The molecule has 12 atom stereocenters. The van der Waals surface area contributed by atoms with Gasteiger partial charge in [-0.05, 0) is 93.8 Å². The van der Waals surface area contributed by atoms with Crippen LogP contribution in [0.5, 0.6) is 0 Å². The van der Waals surface area contributed by atoms with E-state index in [1.165, 1.54) is 92.6 Å². The van der Waals surface area contributed by atoms with Gasteiger partial charge in [-0.3, -0.25) is 52.7 Å². The molecule has 23 heteroatoms. The van der Waals surface area contributed by atoms with Crippen LogP contribution in [-0.4, -0.2) is 228 Å². The molecule has 83 heavy (non-hydrogen) atoms. The van der Waals surface area contributed by atoms with Gasteiger partial charge in [0.05, 0.1) is 12.6 Å². The number of rotatable bonds is 12. The summed E-state index contributed by atoms with van der Waals surface area (Å²) in [4.78, 5) is 169. The summed E-state index contributed by atoms with van der Waals surface area (Å²) in [5.74, 6) is -8.60. The smallest absolute Gasteiger partial charge is 0.246 e. The fraction of sp³-hybridized carbons (Fsp3) is 0.817. The van der Waals surface area contributed by atoms with Crippen LogP contribution in [0.2, 0.25) is 0 Å². The summed E-state index contributed by atoms with van der Waals surface area (Å²) in [6.45, 7) is 28.3. The van der Waals surface area contributed by atoms with Crippen LogP contribution in [0, 0.1) is 41.4 Å². The molecular weight excluding hydrogens is 1070 g/mol. The Morgan fingerprint density at radius 1 is 0.446 bits per heavy atom. The largest absolute Gasteiger partial charge is 0.375 e. The van der Waals surface area contributed by atoms with Gasteiger partial charge in [0.15, 0.2) is 0 Å². The molecule has 2 saturated heterocycles. The lowest BCUT2D eigenvalue weighted by atomic mass is 9.93. The van der Waals surface area contributed by atoms with Crippen molar-refractivity contribution in [2.24, 2.45) is 41.4 Å². The highest BCUT2D eigenvalue weighted by molar-refractivity contribution is 5.99. The summed E-state index contributed by atoms with van der Waals surface area (Å²) in [6, 6.07) is -11.7. The van der Waals surface area contributed by atoms with Gasteiger partial charge in [0.1, 0.15) is 60.4 Å². The van der Waals surface area contributed by atoms with E-state index in [0.717, 1.165) is 4.90 Å². The van der Waals surface area contributed by atoms with Gasteiger partial charge in [0.2, 0.25) is 65.0 Å². The quantitative estimate of drug-likeness (QED) is 0.220. The van der Waals surface area contributed by atoms with E-state index in [1.54, 1.807) is 34.6 Å². The standard InChI is InChI=1S/C60H107N11O12/c1-24-41-56(78)65(17)31-46(72)66(18)42(27-32(2)3)53(75)64-47(36(10)11)59(81)67(19)43(28-33(4)5)52(74)61-39(15)51(73)62-40(16)55(77)68(20)44(29-34(6)7)57(79)69(21)45(30-35(8)9)58(80)70(22)48(37(12)13)60(82)71(23)49(54(76)63-41)50-38(14)25-26-83-50/h32-45,47-50H,24-31H2,1-23H3,(H,61,74)(H,62,73)(H,63,76)(H,64,75)/t38-,39+,40-,41+,42+,43+,44+,45+,47+,48+,49+,50-/m1/s1. The van der Waals surface area contributed by atoms with E-state index in [2.05, 4.69) is 21.3 Å². The predicted molar refractivity (Wildman–Crippen MR) is 317 cm³/mol. The second-order valence-corrected chi connectivity index (χ2v) is 25.9. The maximum atomic E-state index is 15.1. The molecule has 2 rings (SSSR count). The van der Waals surface area contributed by atoms with Crippen LogP contribution < -0.4 is 21.3 Å². The summed E-state index contributed by atoms with van der Waals surface area (Å²) in [7, 11) is 10.2. The molecule has 0 bridgehead atoms. The minimum atomic E-state index is -1.28. The zero-order valence-electron chi connectivity index (χ0n) is 54.6. The third-order valence-electron chi connectivity index (χ3n) is 16.2. The average Bonchev–Trinajstić information content (AvgIpc) is 3.71. The summed E-state index contributed by atoms with van der Waals surface area (Å²) in [5.41, 5.74) is 0. The lowest BCUT2D eigenvalue weighted by Gasteiger charge is -2.41. The van der Waals surface area contributed by atoms with Crippen molar-refractivity contribution >= 4 is 65.0 Å². The zero-order chi connectivity index (χ0) is 64.0. The highest BCUT2D eigenvalue weighted by Crippen LogP contribution is 2.29. The molecule has 0 saturated carbocycles. The molecule has 474 valence electrons. The number of carbonyl (C=O) groups is 11. The molecule has 2 fully saturated rings. The number of carbonyl (C=O) groups excluding carboxylic acids is 11. The Hall–Kier alpha value is -5.87. The number of hydrogen-bond acceptors (Lipinski definition) is 12. The van der Waals surface area contributed by atoms with E-state index in [9.17, 15) is 43.2 Å². The lowest BCUT2D eigenvalue weighted by molar-refractivity contribution is -0.157. The van der Waals surface area contributed by atoms with Crippen molar-refractivity contribution in [1.29, 1.82) is 0 Å². The van der Waals surface area contributed by atoms with E-state index in [-0.39, 0.29) is 61.7 Å². The van der Waals surface area contributed by atoms with Gasteiger partial charge in [-0.25, -0.2) is 0 Å². The van der Waals surface area contributed by atoms with Crippen molar-refractivity contribution < 1.29 is 57.5 Å². The Bertz CT molecular complexity index is 2280. The van der Waals surface area contributed by atoms with Gasteiger partial charge < -0.3 is 60.3 Å². The molecule has 0 aromatic heterocycles. The molecule has 2 aliphatic heterocycles. The number of likely N-dealkylation sites (N-methyl/N-ethyl adjacent to an activating group) is 7. The minimum Gasteiger partial charge on any atom is -0.375 e. The van der Waals surface area contributed by atoms with Crippen molar-refractivity contribution in [2.45, 2.75) is 216 Å². The fourth-order valence-corrected chi connectivity index (χ4v) is 11.0. The first-order chi connectivity index (χ1) is 38.3. The summed E-state index contributed by atoms with van der Waals surface area (Å²) < 4.78 is 6.16. The SMILES string of the molecule is CC[C@@H]1NC(=O)[C@H]([C@@H]2OCC[C@H]2C)N(C)C(=O)[C@H](C(C)C)N(C)C(=O)[C@H](CC(C)C)N(C)C(=O)[C@H](CC(C)C)N(C)C(=O)[C@@H](C)NC(=O)[C@H](C)NC(=O)[C@H](CC(C)C)N(C)C(=O)[C@H](C(C)C)NC(=O)[C@H](CC(C)C)N(C)C(=O)CN(C)C1=O. The first kappa shape index (κ1) is 73.2. The highest BCUT2D eigenvalue weighted by Gasteiger charge is 2.47. The first-order valence-corrected chi connectivity index (χ1v) is 30.0. The van der Waals surface area contributed by atoms with E-state index >= 15 is 9.59 Å². The summed E-state index contributed by atoms with van der Waals surface area (Å²) in [6.07, 6.45) is 0.567. The third-order valence-corrected chi connectivity index (χ3v) is 16.2. The maximum Gasteiger partial charge on any atom is 0.246 e. The maximum absolute atomic E-state index is 15.1. The van der Waals surface area contributed by atoms with E-state index in [0.29, 0.717) is 13.0 Å². The molecule has 2 heterocycles. The Kier molecular flexibility index (Phi) is 28.6. The second kappa shape index (κ2) is 32.4.